The minimum atomic E-state index is -0.317. The number of ketones is 2. The van der Waals surface area contributed by atoms with Gasteiger partial charge in [-0.3, -0.25) is 9.59 Å². The molecule has 1 N–H and O–H groups in total. The van der Waals surface area contributed by atoms with Crippen molar-refractivity contribution in [3.63, 3.8) is 0 Å². The molecule has 4 aliphatic carbocycles. The van der Waals surface area contributed by atoms with Crippen molar-refractivity contribution >= 4 is 28.4 Å². The first-order valence-electron chi connectivity index (χ1n) is 12.9. The zero-order valence-electron chi connectivity index (χ0n) is 20.7. The normalized spacial score (nSPS) is 37.9. The van der Waals surface area contributed by atoms with Crippen LogP contribution < -0.4 is 0 Å². The van der Waals surface area contributed by atoms with Crippen LogP contribution in [0.15, 0.2) is 54.3 Å². The molecular weight excluding hydrogens is 438 g/mol. The number of rotatable bonds is 3. The van der Waals surface area contributed by atoms with E-state index < -0.39 is 0 Å². The number of carbonyl (C=O) groups excluding carboxylic acids is 3. The van der Waals surface area contributed by atoms with Gasteiger partial charge >= 0.3 is 5.97 Å². The Morgan fingerprint density at radius 3 is 2.77 bits per heavy atom. The van der Waals surface area contributed by atoms with Crippen LogP contribution in [-0.4, -0.2) is 28.6 Å². The Morgan fingerprint density at radius 1 is 1.14 bits per heavy atom. The van der Waals surface area contributed by atoms with E-state index in [0.717, 1.165) is 35.7 Å². The van der Waals surface area contributed by atoms with Crippen molar-refractivity contribution in [1.29, 1.82) is 0 Å². The number of ether oxygens (including phenoxy) is 1. The maximum absolute atomic E-state index is 13.5. The van der Waals surface area contributed by atoms with Crippen molar-refractivity contribution in [1.82, 2.24) is 4.98 Å². The first-order chi connectivity index (χ1) is 16.7. The van der Waals surface area contributed by atoms with Gasteiger partial charge < -0.3 is 9.72 Å². The summed E-state index contributed by atoms with van der Waals surface area (Å²) in [5.74, 6) is 0.788. The second kappa shape index (κ2) is 7.78. The van der Waals surface area contributed by atoms with Crippen molar-refractivity contribution < 1.29 is 19.1 Å². The number of fused-ring (bicyclic) bond motifs is 6. The third kappa shape index (κ3) is 3.30. The van der Waals surface area contributed by atoms with Crippen molar-refractivity contribution in [3.8, 4) is 0 Å². The van der Waals surface area contributed by atoms with Crippen molar-refractivity contribution in [2.24, 2.45) is 34.5 Å². The molecule has 5 heteroatoms. The lowest BCUT2D eigenvalue weighted by Crippen LogP contribution is -2.56. The molecule has 0 saturated heterocycles. The molecule has 0 spiro atoms. The summed E-state index contributed by atoms with van der Waals surface area (Å²) in [7, 11) is 0. The molecule has 182 valence electrons. The average molecular weight is 472 g/mol. The largest absolute Gasteiger partial charge is 0.458 e. The quantitative estimate of drug-likeness (QED) is 0.573. The van der Waals surface area contributed by atoms with Gasteiger partial charge in [0.2, 0.25) is 0 Å². The predicted molar refractivity (Wildman–Crippen MR) is 134 cm³/mol. The molecule has 1 heterocycles. The minimum absolute atomic E-state index is 0.00284. The highest BCUT2D eigenvalue weighted by molar-refractivity contribution is 5.95. The highest BCUT2D eigenvalue weighted by Gasteiger charge is 2.63. The molecule has 0 radical (unpaired) electrons. The summed E-state index contributed by atoms with van der Waals surface area (Å²) in [6, 6.07) is 7.55. The van der Waals surface area contributed by atoms with Gasteiger partial charge in [-0.25, -0.2) is 4.79 Å². The van der Waals surface area contributed by atoms with E-state index in [4.69, 9.17) is 4.74 Å². The number of esters is 1. The fraction of sp³-hybridized carbons (Fsp3) is 0.500. The van der Waals surface area contributed by atoms with E-state index in [0.29, 0.717) is 24.3 Å². The van der Waals surface area contributed by atoms with Crippen LogP contribution in [0.25, 0.3) is 10.9 Å². The van der Waals surface area contributed by atoms with Crippen molar-refractivity contribution in [2.75, 3.05) is 0 Å². The lowest BCUT2D eigenvalue weighted by molar-refractivity contribution is -0.135. The molecule has 2 aromatic rings. The molecule has 2 fully saturated rings. The van der Waals surface area contributed by atoms with Crippen LogP contribution in [0.1, 0.15) is 63.2 Å². The molecule has 4 aliphatic rings. The van der Waals surface area contributed by atoms with Gasteiger partial charge in [0, 0.05) is 35.4 Å². The second-order valence-corrected chi connectivity index (χ2v) is 11.7. The SMILES string of the molecule is CC(=O)[C@H]1CC[C@H]2[C@@H]3C=CC4=CC(=O)CC[C@@]4(C)[C@@H]3[C@@H](OC(=O)c3ccc4[nH]ccc4c3)C[C@]12C. The molecule has 2 saturated carbocycles. The van der Waals surface area contributed by atoms with Crippen LogP contribution in [0.4, 0.5) is 0 Å². The molecule has 0 amide bonds. The van der Waals surface area contributed by atoms with E-state index in [2.05, 4.69) is 31.0 Å². The highest BCUT2D eigenvalue weighted by atomic mass is 16.5. The predicted octanol–water partition coefficient (Wildman–Crippen LogP) is 5.82. The van der Waals surface area contributed by atoms with Gasteiger partial charge in [0.1, 0.15) is 11.9 Å². The fourth-order valence-corrected chi connectivity index (χ4v) is 8.26. The molecule has 0 aliphatic heterocycles. The van der Waals surface area contributed by atoms with Gasteiger partial charge in [-0.05, 0) is 91.2 Å². The first-order valence-corrected chi connectivity index (χ1v) is 12.9. The second-order valence-electron chi connectivity index (χ2n) is 11.7. The summed E-state index contributed by atoms with van der Waals surface area (Å²) in [4.78, 5) is 41.6. The van der Waals surface area contributed by atoms with Crippen LogP contribution >= 0.6 is 0 Å². The minimum Gasteiger partial charge on any atom is -0.458 e. The van der Waals surface area contributed by atoms with Gasteiger partial charge in [0.25, 0.3) is 0 Å². The summed E-state index contributed by atoms with van der Waals surface area (Å²) >= 11 is 0. The standard InChI is InChI=1S/C30H33NO4/c1-17(32)23-7-8-24-22-6-5-20-15-21(33)10-12-29(20,2)27(22)26(16-30(23,24)3)35-28(34)19-4-9-25-18(14-19)11-13-31-25/h4-6,9,11,13-15,22-24,26-27,31H,7-8,10,12,16H2,1-3H3/t22-,23+,24-,26-,27-,29+,30+/m0/s1. The Labute approximate surface area is 206 Å². The van der Waals surface area contributed by atoms with E-state index in [1.165, 1.54) is 0 Å². The number of Topliss-reactive ketones (excluding diaryl/α,β-unsaturated/α-hetero) is 1. The highest BCUT2D eigenvalue weighted by Crippen LogP contribution is 2.65. The number of hydrogen-bond acceptors (Lipinski definition) is 4. The number of aromatic nitrogens is 1. The molecule has 7 atom stereocenters. The first kappa shape index (κ1) is 22.5. The lowest BCUT2D eigenvalue weighted by Gasteiger charge is -2.58. The van der Waals surface area contributed by atoms with Crippen LogP contribution in [-0.2, 0) is 14.3 Å². The van der Waals surface area contributed by atoms with E-state index in [9.17, 15) is 14.4 Å². The van der Waals surface area contributed by atoms with Gasteiger partial charge in [-0.2, -0.15) is 0 Å². The van der Waals surface area contributed by atoms with Crippen molar-refractivity contribution in [3.05, 3.63) is 59.8 Å². The number of carbonyl (C=O) groups is 3. The number of aromatic amines is 1. The monoisotopic (exact) mass is 471 g/mol. The maximum Gasteiger partial charge on any atom is 0.338 e. The topological polar surface area (TPSA) is 76.2 Å². The molecule has 0 bridgehead atoms. The van der Waals surface area contributed by atoms with Gasteiger partial charge in [0.15, 0.2) is 5.78 Å². The zero-order valence-corrected chi connectivity index (χ0v) is 20.7. The average Bonchev–Trinajstić information content (AvgIpc) is 3.42. The molecule has 1 aromatic carbocycles. The maximum atomic E-state index is 13.5. The summed E-state index contributed by atoms with van der Waals surface area (Å²) < 4.78 is 6.41. The third-order valence-corrected chi connectivity index (χ3v) is 9.97. The fourth-order valence-electron chi connectivity index (χ4n) is 8.26. The van der Waals surface area contributed by atoms with E-state index in [-0.39, 0.29) is 52.2 Å². The summed E-state index contributed by atoms with van der Waals surface area (Å²) in [6.07, 6.45) is 11.6. The summed E-state index contributed by atoms with van der Waals surface area (Å²) in [5.41, 5.74) is 2.17. The molecule has 6 rings (SSSR count). The molecule has 0 unspecified atom stereocenters. The van der Waals surface area contributed by atoms with Crippen LogP contribution in [0.5, 0.6) is 0 Å². The number of nitrogens with one attached hydrogen (secondary N) is 1. The van der Waals surface area contributed by atoms with Crippen LogP contribution in [0.2, 0.25) is 0 Å². The van der Waals surface area contributed by atoms with Gasteiger partial charge in [0.05, 0.1) is 5.56 Å². The Balaban J connectivity index is 1.41. The number of allylic oxidation sites excluding steroid dienone is 4. The smallest absolute Gasteiger partial charge is 0.338 e. The number of hydrogen-bond donors (Lipinski definition) is 1. The number of benzene rings is 1. The Morgan fingerprint density at radius 2 is 1.97 bits per heavy atom. The Kier molecular flexibility index (Phi) is 5.00. The summed E-state index contributed by atoms with van der Waals surface area (Å²) in [6.45, 7) is 6.20. The molecule has 35 heavy (non-hydrogen) atoms. The summed E-state index contributed by atoms with van der Waals surface area (Å²) in [5, 5.41) is 0.976. The lowest BCUT2D eigenvalue weighted by atomic mass is 9.47. The van der Waals surface area contributed by atoms with Crippen LogP contribution in [0, 0.1) is 34.5 Å². The third-order valence-electron chi connectivity index (χ3n) is 9.97. The van der Waals surface area contributed by atoms with Crippen LogP contribution in [0.3, 0.4) is 0 Å². The molecular formula is C30H33NO4. The van der Waals surface area contributed by atoms with Gasteiger partial charge in [-0.1, -0.05) is 26.0 Å². The van der Waals surface area contributed by atoms with E-state index in [1.807, 2.05) is 30.5 Å². The van der Waals surface area contributed by atoms with E-state index in [1.54, 1.807) is 13.0 Å². The van der Waals surface area contributed by atoms with Crippen molar-refractivity contribution in [2.45, 2.75) is 59.0 Å². The Bertz CT molecular complexity index is 1300. The zero-order chi connectivity index (χ0) is 24.5. The molecule has 5 nitrogen and oxygen atoms in total. The number of H-pyrrole nitrogens is 1. The molecule has 1 aromatic heterocycles. The van der Waals surface area contributed by atoms with E-state index >= 15 is 0 Å². The Hall–Kier alpha value is -2.95. The van der Waals surface area contributed by atoms with Gasteiger partial charge in [-0.15, -0.1) is 0 Å².